The molecule has 1 rings (SSSR count). The summed E-state index contributed by atoms with van der Waals surface area (Å²) in [4.78, 5) is 11.3. The van der Waals surface area contributed by atoms with Gasteiger partial charge in [-0.2, -0.15) is 11.8 Å². The Kier molecular flexibility index (Phi) is 4.26. The number of rotatable bonds is 3. The van der Waals surface area contributed by atoms with Crippen molar-refractivity contribution in [2.75, 3.05) is 18.1 Å². The molecule has 0 spiro atoms. The molecule has 0 saturated carbocycles. The first-order chi connectivity index (χ1) is 6.50. The molecule has 4 heteroatoms. The summed E-state index contributed by atoms with van der Waals surface area (Å²) in [6.07, 6.45) is 2.35. The molecule has 0 radical (unpaired) electrons. The Morgan fingerprint density at radius 1 is 1.50 bits per heavy atom. The van der Waals surface area contributed by atoms with Crippen LogP contribution in [0.2, 0.25) is 0 Å². The van der Waals surface area contributed by atoms with Crippen LogP contribution in [-0.2, 0) is 4.79 Å². The Balaban J connectivity index is 2.22. The SMILES string of the molecule is CC(C)(O)C(=O)NCC1CCSCC1. The number of nitrogens with one attached hydrogen (secondary N) is 1. The van der Waals surface area contributed by atoms with Gasteiger partial charge in [-0.15, -0.1) is 0 Å². The lowest BCUT2D eigenvalue weighted by Crippen LogP contribution is -2.44. The predicted octanol–water partition coefficient (Wildman–Crippen LogP) is 1.02. The fraction of sp³-hybridized carbons (Fsp3) is 0.900. The van der Waals surface area contributed by atoms with E-state index in [1.54, 1.807) is 0 Å². The molecule has 0 aromatic heterocycles. The summed E-state index contributed by atoms with van der Waals surface area (Å²) in [5, 5.41) is 12.2. The van der Waals surface area contributed by atoms with Crippen molar-refractivity contribution >= 4 is 17.7 Å². The normalized spacial score (nSPS) is 19.4. The van der Waals surface area contributed by atoms with Gasteiger partial charge in [0.25, 0.3) is 5.91 Å². The van der Waals surface area contributed by atoms with Gasteiger partial charge in [-0.05, 0) is 44.1 Å². The van der Waals surface area contributed by atoms with Crippen LogP contribution in [0.15, 0.2) is 0 Å². The number of amides is 1. The fourth-order valence-corrected chi connectivity index (χ4v) is 2.61. The van der Waals surface area contributed by atoms with E-state index in [1.807, 2.05) is 11.8 Å². The number of carbonyl (C=O) groups excluding carboxylic acids is 1. The van der Waals surface area contributed by atoms with Crippen molar-refractivity contribution in [3.63, 3.8) is 0 Å². The molecule has 2 N–H and O–H groups in total. The second kappa shape index (κ2) is 5.03. The summed E-state index contributed by atoms with van der Waals surface area (Å²) in [5.41, 5.74) is -1.25. The summed E-state index contributed by atoms with van der Waals surface area (Å²) >= 11 is 1.98. The third-order valence-electron chi connectivity index (χ3n) is 2.45. The lowest BCUT2D eigenvalue weighted by Gasteiger charge is -2.23. The van der Waals surface area contributed by atoms with Crippen molar-refractivity contribution in [2.24, 2.45) is 5.92 Å². The number of carbonyl (C=O) groups is 1. The maximum absolute atomic E-state index is 11.3. The smallest absolute Gasteiger partial charge is 0.251 e. The van der Waals surface area contributed by atoms with E-state index in [4.69, 9.17) is 0 Å². The van der Waals surface area contributed by atoms with Gasteiger partial charge in [-0.25, -0.2) is 0 Å². The summed E-state index contributed by atoms with van der Waals surface area (Å²) in [6, 6.07) is 0. The third-order valence-corrected chi connectivity index (χ3v) is 3.50. The van der Waals surface area contributed by atoms with Gasteiger partial charge in [0.2, 0.25) is 0 Å². The Hall–Kier alpha value is -0.220. The average molecular weight is 217 g/mol. The highest BCUT2D eigenvalue weighted by atomic mass is 32.2. The molecule has 0 aromatic rings. The minimum absolute atomic E-state index is 0.268. The molecule has 0 aromatic carbocycles. The minimum atomic E-state index is -1.25. The van der Waals surface area contributed by atoms with E-state index in [-0.39, 0.29) is 5.91 Å². The van der Waals surface area contributed by atoms with Gasteiger partial charge in [0.05, 0.1) is 0 Å². The Morgan fingerprint density at radius 3 is 2.57 bits per heavy atom. The van der Waals surface area contributed by atoms with E-state index < -0.39 is 5.60 Å². The largest absolute Gasteiger partial charge is 0.381 e. The van der Waals surface area contributed by atoms with E-state index in [2.05, 4.69) is 5.32 Å². The molecule has 1 heterocycles. The molecule has 82 valence electrons. The van der Waals surface area contributed by atoms with E-state index >= 15 is 0 Å². The monoisotopic (exact) mass is 217 g/mol. The van der Waals surface area contributed by atoms with Crippen molar-refractivity contribution in [3.05, 3.63) is 0 Å². The number of thioether (sulfide) groups is 1. The van der Waals surface area contributed by atoms with Gasteiger partial charge in [-0.1, -0.05) is 0 Å². The predicted molar refractivity (Wildman–Crippen MR) is 59.4 cm³/mol. The maximum Gasteiger partial charge on any atom is 0.251 e. The average Bonchev–Trinajstić information content (AvgIpc) is 2.14. The van der Waals surface area contributed by atoms with Gasteiger partial charge in [0, 0.05) is 6.54 Å². The van der Waals surface area contributed by atoms with Crippen LogP contribution in [0.1, 0.15) is 26.7 Å². The van der Waals surface area contributed by atoms with Crippen LogP contribution in [0.25, 0.3) is 0 Å². The molecular formula is C10H19NO2S. The third kappa shape index (κ3) is 3.88. The van der Waals surface area contributed by atoms with E-state index in [0.717, 1.165) is 0 Å². The second-order valence-electron chi connectivity index (χ2n) is 4.32. The number of aliphatic hydroxyl groups is 1. The van der Waals surface area contributed by atoms with Crippen LogP contribution in [0.4, 0.5) is 0 Å². The lowest BCUT2D eigenvalue weighted by atomic mass is 10.0. The Morgan fingerprint density at radius 2 is 2.07 bits per heavy atom. The van der Waals surface area contributed by atoms with Crippen molar-refractivity contribution in [2.45, 2.75) is 32.3 Å². The van der Waals surface area contributed by atoms with Crippen LogP contribution < -0.4 is 5.32 Å². The summed E-state index contributed by atoms with van der Waals surface area (Å²) in [5.74, 6) is 2.73. The molecule has 0 aliphatic carbocycles. The molecule has 0 bridgehead atoms. The number of hydrogen-bond acceptors (Lipinski definition) is 3. The van der Waals surface area contributed by atoms with Crippen LogP contribution in [0.3, 0.4) is 0 Å². The molecule has 3 nitrogen and oxygen atoms in total. The van der Waals surface area contributed by atoms with Crippen molar-refractivity contribution < 1.29 is 9.90 Å². The van der Waals surface area contributed by atoms with Crippen molar-refractivity contribution in [1.82, 2.24) is 5.32 Å². The highest BCUT2D eigenvalue weighted by Gasteiger charge is 2.24. The standard InChI is InChI=1S/C10H19NO2S/c1-10(2,13)9(12)11-7-8-3-5-14-6-4-8/h8,13H,3-7H2,1-2H3,(H,11,12). The van der Waals surface area contributed by atoms with Crippen LogP contribution in [0, 0.1) is 5.92 Å². The van der Waals surface area contributed by atoms with E-state index in [9.17, 15) is 9.90 Å². The van der Waals surface area contributed by atoms with Gasteiger partial charge in [-0.3, -0.25) is 4.79 Å². The zero-order chi connectivity index (χ0) is 10.6. The molecule has 1 aliphatic rings. The van der Waals surface area contributed by atoms with Gasteiger partial charge in [0.1, 0.15) is 5.60 Å². The molecule has 14 heavy (non-hydrogen) atoms. The second-order valence-corrected chi connectivity index (χ2v) is 5.55. The summed E-state index contributed by atoms with van der Waals surface area (Å²) < 4.78 is 0. The Bertz CT molecular complexity index is 195. The van der Waals surface area contributed by atoms with Crippen LogP contribution in [-0.4, -0.2) is 34.7 Å². The van der Waals surface area contributed by atoms with E-state index in [1.165, 1.54) is 38.2 Å². The van der Waals surface area contributed by atoms with Crippen LogP contribution in [0.5, 0.6) is 0 Å². The quantitative estimate of drug-likeness (QED) is 0.742. The first-order valence-electron chi connectivity index (χ1n) is 5.08. The fourth-order valence-electron chi connectivity index (χ4n) is 1.40. The molecule has 1 amide bonds. The van der Waals surface area contributed by atoms with Crippen molar-refractivity contribution in [1.29, 1.82) is 0 Å². The molecular weight excluding hydrogens is 198 g/mol. The summed E-state index contributed by atoms with van der Waals surface area (Å²) in [7, 11) is 0. The molecule has 0 unspecified atom stereocenters. The first kappa shape index (κ1) is 11.9. The van der Waals surface area contributed by atoms with Gasteiger partial charge in [0.15, 0.2) is 0 Å². The summed E-state index contributed by atoms with van der Waals surface area (Å²) in [6.45, 7) is 3.74. The van der Waals surface area contributed by atoms with Crippen LogP contribution >= 0.6 is 11.8 Å². The number of hydrogen-bond donors (Lipinski definition) is 2. The highest BCUT2D eigenvalue weighted by Crippen LogP contribution is 2.21. The highest BCUT2D eigenvalue weighted by molar-refractivity contribution is 7.99. The molecule has 1 fully saturated rings. The van der Waals surface area contributed by atoms with Gasteiger partial charge < -0.3 is 10.4 Å². The Labute approximate surface area is 89.6 Å². The van der Waals surface area contributed by atoms with Crippen molar-refractivity contribution in [3.8, 4) is 0 Å². The zero-order valence-corrected chi connectivity index (χ0v) is 9.69. The maximum atomic E-state index is 11.3. The topological polar surface area (TPSA) is 49.3 Å². The molecule has 1 saturated heterocycles. The first-order valence-corrected chi connectivity index (χ1v) is 6.24. The minimum Gasteiger partial charge on any atom is -0.381 e. The molecule has 1 aliphatic heterocycles. The zero-order valence-electron chi connectivity index (χ0n) is 8.88. The lowest BCUT2D eigenvalue weighted by molar-refractivity contribution is -0.136. The van der Waals surface area contributed by atoms with Gasteiger partial charge >= 0.3 is 0 Å². The molecule has 0 atom stereocenters. The van der Waals surface area contributed by atoms with E-state index in [0.29, 0.717) is 12.5 Å².